The minimum absolute atomic E-state index is 0.0982. The van der Waals surface area contributed by atoms with E-state index in [0.29, 0.717) is 17.0 Å². The Morgan fingerprint density at radius 3 is 3.04 bits per heavy atom. The van der Waals surface area contributed by atoms with Gasteiger partial charge in [0.05, 0.1) is 29.0 Å². The number of carbonyl (C=O) groups is 1. The number of nitriles is 1. The third kappa shape index (κ3) is 2.60. The van der Waals surface area contributed by atoms with E-state index in [9.17, 15) is 10.1 Å². The minimum atomic E-state index is 0.0982. The van der Waals surface area contributed by atoms with Gasteiger partial charge in [0.25, 0.3) is 5.91 Å². The summed E-state index contributed by atoms with van der Waals surface area (Å²) in [5.74, 6) is 0.428. The molecule has 5 heteroatoms. The van der Waals surface area contributed by atoms with Crippen molar-refractivity contribution in [3.8, 4) is 6.07 Å². The topological polar surface area (TPSA) is 72.8 Å². The quantitative estimate of drug-likeness (QED) is 0.721. The zero-order valence-electron chi connectivity index (χ0n) is 15.0. The summed E-state index contributed by atoms with van der Waals surface area (Å²) >= 11 is 0. The second-order valence-corrected chi connectivity index (χ2v) is 7.51. The number of fused-ring (bicyclic) bond motifs is 4. The van der Waals surface area contributed by atoms with Crippen LogP contribution in [-0.4, -0.2) is 33.4 Å². The van der Waals surface area contributed by atoms with Crippen LogP contribution in [0.3, 0.4) is 0 Å². The predicted octanol–water partition coefficient (Wildman–Crippen LogP) is 3.77. The van der Waals surface area contributed by atoms with Crippen molar-refractivity contribution in [2.45, 2.75) is 37.6 Å². The van der Waals surface area contributed by atoms with Crippen LogP contribution in [0.1, 0.15) is 52.2 Å². The van der Waals surface area contributed by atoms with E-state index in [-0.39, 0.29) is 11.9 Å². The Labute approximate surface area is 157 Å². The summed E-state index contributed by atoms with van der Waals surface area (Å²) in [7, 11) is 0. The van der Waals surface area contributed by atoms with E-state index in [0.717, 1.165) is 43.3 Å². The number of nitrogens with zero attached hydrogens (tertiary/aromatic N) is 3. The molecule has 0 spiro atoms. The van der Waals surface area contributed by atoms with Crippen molar-refractivity contribution in [1.29, 1.82) is 5.26 Å². The number of aryl methyl sites for hydroxylation is 1. The van der Waals surface area contributed by atoms with Gasteiger partial charge < -0.3 is 9.88 Å². The third-order valence-corrected chi connectivity index (χ3v) is 6.09. The molecule has 5 rings (SSSR count). The minimum Gasteiger partial charge on any atom is -0.345 e. The van der Waals surface area contributed by atoms with Crippen molar-refractivity contribution in [3.63, 3.8) is 0 Å². The third-order valence-electron chi connectivity index (χ3n) is 6.09. The Balaban J connectivity index is 1.49. The van der Waals surface area contributed by atoms with E-state index in [1.807, 2.05) is 30.3 Å². The fourth-order valence-corrected chi connectivity index (χ4v) is 4.80. The van der Waals surface area contributed by atoms with Crippen LogP contribution in [0.15, 0.2) is 42.7 Å². The number of H-pyrrole nitrogens is 1. The summed E-state index contributed by atoms with van der Waals surface area (Å²) in [6.45, 7) is 0.800. The first-order chi connectivity index (χ1) is 13.2. The largest absolute Gasteiger partial charge is 0.345 e. The summed E-state index contributed by atoms with van der Waals surface area (Å²) in [4.78, 5) is 22.7. The Morgan fingerprint density at radius 2 is 2.15 bits per heavy atom. The Morgan fingerprint density at radius 1 is 1.22 bits per heavy atom. The lowest BCUT2D eigenvalue weighted by molar-refractivity contribution is 0.0547. The lowest BCUT2D eigenvalue weighted by atomic mass is 9.73. The maximum atomic E-state index is 13.3. The second-order valence-electron chi connectivity index (χ2n) is 7.51. The van der Waals surface area contributed by atoms with Crippen LogP contribution < -0.4 is 0 Å². The molecular weight excluding hydrogens is 336 g/mol. The molecule has 1 aromatic heterocycles. The molecule has 0 bridgehead atoms. The van der Waals surface area contributed by atoms with Gasteiger partial charge in [-0.3, -0.25) is 4.79 Å². The van der Waals surface area contributed by atoms with Crippen molar-refractivity contribution < 1.29 is 4.79 Å². The van der Waals surface area contributed by atoms with E-state index in [2.05, 4.69) is 27.0 Å². The molecule has 0 radical (unpaired) electrons. The van der Waals surface area contributed by atoms with Crippen LogP contribution in [-0.2, 0) is 6.42 Å². The predicted molar refractivity (Wildman–Crippen MR) is 102 cm³/mol. The fourth-order valence-electron chi connectivity index (χ4n) is 4.80. The number of hydrogen-bond donors (Lipinski definition) is 1. The molecule has 134 valence electrons. The van der Waals surface area contributed by atoms with Crippen molar-refractivity contribution >= 4 is 16.9 Å². The smallest absolute Gasteiger partial charge is 0.254 e. The molecule has 2 heterocycles. The lowest BCUT2D eigenvalue weighted by Crippen LogP contribution is -2.49. The van der Waals surface area contributed by atoms with E-state index >= 15 is 0 Å². The number of amides is 1. The average Bonchev–Trinajstić information content (AvgIpc) is 3.20. The molecule has 1 aliphatic carbocycles. The van der Waals surface area contributed by atoms with Crippen LogP contribution >= 0.6 is 0 Å². The molecule has 5 nitrogen and oxygen atoms in total. The number of piperidine rings is 1. The van der Waals surface area contributed by atoms with Gasteiger partial charge in [-0.1, -0.05) is 6.07 Å². The number of rotatable bonds is 1. The Hall–Kier alpha value is -3.13. The molecule has 0 saturated carbocycles. The van der Waals surface area contributed by atoms with Gasteiger partial charge in [0.1, 0.15) is 0 Å². The molecule has 2 aliphatic rings. The summed E-state index contributed by atoms with van der Waals surface area (Å²) in [5.41, 5.74) is 5.79. The van der Waals surface area contributed by atoms with Gasteiger partial charge in [0, 0.05) is 24.1 Å². The van der Waals surface area contributed by atoms with Crippen molar-refractivity contribution in [3.05, 3.63) is 65.0 Å². The number of likely N-dealkylation sites (tertiary alicyclic amines) is 1. The van der Waals surface area contributed by atoms with Crippen LogP contribution in [0.25, 0.3) is 11.0 Å². The monoisotopic (exact) mass is 356 g/mol. The summed E-state index contributed by atoms with van der Waals surface area (Å²) < 4.78 is 0. The first-order valence-electron chi connectivity index (χ1n) is 9.51. The van der Waals surface area contributed by atoms with E-state index in [1.54, 1.807) is 6.33 Å². The number of benzene rings is 2. The van der Waals surface area contributed by atoms with Gasteiger partial charge >= 0.3 is 0 Å². The second kappa shape index (κ2) is 6.24. The highest BCUT2D eigenvalue weighted by molar-refractivity contribution is 5.97. The van der Waals surface area contributed by atoms with Crippen LogP contribution in [0.5, 0.6) is 0 Å². The fraction of sp³-hybridized carbons (Fsp3) is 0.318. The normalized spacial score (nSPS) is 21.4. The molecule has 1 saturated heterocycles. The molecule has 1 fully saturated rings. The highest BCUT2D eigenvalue weighted by Crippen LogP contribution is 2.41. The standard InChI is InChI=1S/C22H20N4O/c23-12-14-3-4-15-6-8-21-17(18(15)10-14)2-1-9-26(21)22(27)16-5-7-19-20(11-16)25-13-24-19/h3-5,7,10-11,13,17,21H,1-2,6,8-9H2,(H,24,25)/t17-,21+/m1/s1. The molecular formula is C22H20N4O. The number of aromatic amines is 1. The molecule has 2 aromatic carbocycles. The number of carbonyl (C=O) groups excluding carboxylic acids is 1. The summed E-state index contributed by atoms with van der Waals surface area (Å²) in [6, 6.07) is 14.2. The Kier molecular flexibility index (Phi) is 3.71. The maximum absolute atomic E-state index is 13.3. The highest BCUT2D eigenvalue weighted by Gasteiger charge is 2.38. The summed E-state index contributed by atoms with van der Waals surface area (Å²) in [5, 5.41) is 9.27. The molecule has 1 N–H and O–H groups in total. The zero-order valence-corrected chi connectivity index (χ0v) is 15.0. The van der Waals surface area contributed by atoms with Crippen LogP contribution in [0.4, 0.5) is 0 Å². The number of aromatic nitrogens is 2. The van der Waals surface area contributed by atoms with E-state index in [1.165, 1.54) is 11.1 Å². The van der Waals surface area contributed by atoms with Gasteiger partial charge in [-0.25, -0.2) is 4.98 Å². The number of imidazole rings is 1. The van der Waals surface area contributed by atoms with E-state index < -0.39 is 0 Å². The highest BCUT2D eigenvalue weighted by atomic mass is 16.2. The zero-order chi connectivity index (χ0) is 18.4. The van der Waals surface area contributed by atoms with Gasteiger partial charge in [-0.2, -0.15) is 5.26 Å². The molecule has 1 aliphatic heterocycles. The number of nitrogens with one attached hydrogen (secondary N) is 1. The maximum Gasteiger partial charge on any atom is 0.254 e. The molecule has 0 unspecified atom stereocenters. The molecule has 1 amide bonds. The molecule has 3 aromatic rings. The van der Waals surface area contributed by atoms with Gasteiger partial charge in [0.2, 0.25) is 0 Å². The van der Waals surface area contributed by atoms with Crippen LogP contribution in [0, 0.1) is 11.3 Å². The Bertz CT molecular complexity index is 1080. The lowest BCUT2D eigenvalue weighted by Gasteiger charge is -2.45. The van der Waals surface area contributed by atoms with Gasteiger partial charge in [-0.05, 0) is 67.1 Å². The summed E-state index contributed by atoms with van der Waals surface area (Å²) in [6.07, 6.45) is 5.68. The van der Waals surface area contributed by atoms with Crippen LogP contribution in [0.2, 0.25) is 0 Å². The van der Waals surface area contributed by atoms with Crippen molar-refractivity contribution in [2.24, 2.45) is 0 Å². The number of hydrogen-bond acceptors (Lipinski definition) is 3. The molecule has 2 atom stereocenters. The van der Waals surface area contributed by atoms with Crippen molar-refractivity contribution in [2.75, 3.05) is 6.54 Å². The molecule has 27 heavy (non-hydrogen) atoms. The first kappa shape index (κ1) is 16.1. The SMILES string of the molecule is N#Cc1ccc2c(c1)[C@H]1CCCN(C(=O)c3ccc4nc[nH]c4c3)[C@H]1CC2. The van der Waals surface area contributed by atoms with Crippen molar-refractivity contribution in [1.82, 2.24) is 14.9 Å². The van der Waals surface area contributed by atoms with Gasteiger partial charge in [-0.15, -0.1) is 0 Å². The van der Waals surface area contributed by atoms with Gasteiger partial charge in [0.15, 0.2) is 0 Å². The first-order valence-corrected chi connectivity index (χ1v) is 9.51. The van der Waals surface area contributed by atoms with E-state index in [4.69, 9.17) is 0 Å². The average molecular weight is 356 g/mol.